The molecule has 2 aromatic rings. The molecule has 2 heterocycles. The summed E-state index contributed by atoms with van der Waals surface area (Å²) in [6, 6.07) is 7.56. The van der Waals surface area contributed by atoms with E-state index >= 15 is 0 Å². The Hall–Kier alpha value is -2.25. The highest BCUT2D eigenvalue weighted by molar-refractivity contribution is 7.14. The number of hydrogen-bond acceptors (Lipinski definition) is 6. The number of methoxy groups -OCH3 is 2. The highest BCUT2D eigenvalue weighted by Gasteiger charge is 2.34. The summed E-state index contributed by atoms with van der Waals surface area (Å²) in [5, 5.41) is 3.43. The summed E-state index contributed by atoms with van der Waals surface area (Å²) < 4.78 is 15.6. The maximum atomic E-state index is 12.6. The molecule has 0 radical (unpaired) electrons. The fourth-order valence-corrected chi connectivity index (χ4v) is 4.80. The van der Waals surface area contributed by atoms with Crippen LogP contribution in [-0.4, -0.2) is 38.2 Å². The summed E-state index contributed by atoms with van der Waals surface area (Å²) in [6.07, 6.45) is 2.96. The Morgan fingerprint density at radius 1 is 1.23 bits per heavy atom. The van der Waals surface area contributed by atoms with E-state index in [1.54, 1.807) is 20.3 Å². The van der Waals surface area contributed by atoms with Crippen molar-refractivity contribution in [2.45, 2.75) is 44.6 Å². The van der Waals surface area contributed by atoms with Gasteiger partial charge in [-0.2, -0.15) is 0 Å². The van der Waals surface area contributed by atoms with E-state index in [-0.39, 0.29) is 11.9 Å². The first kappa shape index (κ1) is 22.4. The molecular formula is C22H26ClNO5S. The van der Waals surface area contributed by atoms with Gasteiger partial charge >= 0.3 is 6.09 Å². The molecule has 1 amide bonds. The number of thiophene rings is 1. The molecule has 0 saturated carbocycles. The third kappa shape index (κ3) is 5.46. The average Bonchev–Trinajstić information content (AvgIpc) is 3.28. The summed E-state index contributed by atoms with van der Waals surface area (Å²) in [5.74, 6) is 1.47. The lowest BCUT2D eigenvalue weighted by Crippen LogP contribution is -2.40. The molecule has 0 bridgehead atoms. The van der Waals surface area contributed by atoms with Gasteiger partial charge < -0.3 is 19.5 Å². The monoisotopic (exact) mass is 451 g/mol. The topological polar surface area (TPSA) is 73.9 Å². The highest BCUT2D eigenvalue weighted by atomic mass is 35.5. The Kier molecular flexibility index (Phi) is 7.26. The first-order chi connectivity index (χ1) is 14.3. The van der Waals surface area contributed by atoms with Crippen molar-refractivity contribution in [1.29, 1.82) is 0 Å². The molecule has 30 heavy (non-hydrogen) atoms. The zero-order valence-electron chi connectivity index (χ0n) is 17.4. The second kappa shape index (κ2) is 9.71. The molecule has 8 heteroatoms. The second-order valence-corrected chi connectivity index (χ2v) is 9.15. The molecule has 0 aliphatic carbocycles. The quantitative estimate of drug-likeness (QED) is 0.511. The van der Waals surface area contributed by atoms with Gasteiger partial charge in [0.25, 0.3) is 0 Å². The summed E-state index contributed by atoms with van der Waals surface area (Å²) >= 11 is 7.79. The number of halogens is 1. The van der Waals surface area contributed by atoms with Crippen molar-refractivity contribution >= 4 is 34.8 Å². The predicted octanol–water partition coefficient (Wildman–Crippen LogP) is 5.06. The minimum absolute atomic E-state index is 0.0948. The number of aryl methyl sites for hydroxylation is 2. The third-order valence-corrected chi connectivity index (χ3v) is 6.86. The molecule has 1 aromatic carbocycles. The van der Waals surface area contributed by atoms with Crippen LogP contribution < -0.4 is 14.8 Å². The molecule has 1 aliphatic rings. The number of Topliss-reactive ketones (excluding diaryl/α,β-unsaturated/α-hetero) is 1. The average molecular weight is 452 g/mol. The van der Waals surface area contributed by atoms with Gasteiger partial charge in [-0.1, -0.05) is 17.7 Å². The Morgan fingerprint density at radius 3 is 2.67 bits per heavy atom. The van der Waals surface area contributed by atoms with Gasteiger partial charge in [-0.05, 0) is 56.4 Å². The molecule has 1 aliphatic heterocycles. The van der Waals surface area contributed by atoms with Crippen LogP contribution in [0.25, 0.3) is 0 Å². The predicted molar refractivity (Wildman–Crippen MR) is 117 cm³/mol. The molecule has 162 valence electrons. The lowest BCUT2D eigenvalue weighted by molar-refractivity contribution is 0.0984. The fourth-order valence-electron chi connectivity index (χ4n) is 3.39. The van der Waals surface area contributed by atoms with Crippen molar-refractivity contribution in [3.05, 3.63) is 44.6 Å². The van der Waals surface area contributed by atoms with E-state index in [1.807, 2.05) is 25.1 Å². The molecule has 1 fully saturated rings. The van der Waals surface area contributed by atoms with Crippen LogP contribution in [0.1, 0.15) is 46.3 Å². The summed E-state index contributed by atoms with van der Waals surface area (Å²) in [7, 11) is 3.21. The summed E-state index contributed by atoms with van der Waals surface area (Å²) in [6.45, 7) is 2.29. The van der Waals surface area contributed by atoms with Crippen LogP contribution in [0.5, 0.6) is 11.5 Å². The van der Waals surface area contributed by atoms with Gasteiger partial charge in [0.1, 0.15) is 6.61 Å². The number of benzene rings is 1. The van der Waals surface area contributed by atoms with Gasteiger partial charge in [0.15, 0.2) is 17.3 Å². The van der Waals surface area contributed by atoms with Gasteiger partial charge in [0.05, 0.1) is 29.7 Å². The molecule has 1 N–H and O–H groups in total. The van der Waals surface area contributed by atoms with Crippen molar-refractivity contribution in [3.63, 3.8) is 0 Å². The van der Waals surface area contributed by atoms with Crippen LogP contribution >= 0.6 is 22.9 Å². The van der Waals surface area contributed by atoms with E-state index in [2.05, 4.69) is 5.32 Å². The smallest absolute Gasteiger partial charge is 0.407 e. The number of cyclic esters (lactones) is 1. The largest absolute Gasteiger partial charge is 0.493 e. The van der Waals surface area contributed by atoms with E-state index in [4.69, 9.17) is 25.8 Å². The maximum Gasteiger partial charge on any atom is 0.407 e. The summed E-state index contributed by atoms with van der Waals surface area (Å²) in [5.41, 5.74) is 0.702. The molecule has 3 rings (SSSR count). The SMILES string of the molecule is COc1ccc(CCCC(=O)c2cc(Cl)c(CC[C@]3(C)COC(=O)N3)s2)cc1OC. The Balaban J connectivity index is 1.52. The van der Waals surface area contributed by atoms with Crippen molar-refractivity contribution in [2.75, 3.05) is 20.8 Å². The standard InChI is InChI=1S/C22H26ClNO5S/c1-22(13-29-21(26)24-22)10-9-19-15(23)12-20(30-19)16(25)6-4-5-14-7-8-17(27-2)18(11-14)28-3/h7-8,11-12H,4-6,9-10,13H2,1-3H3,(H,24,26)/t22-/m1/s1. The van der Waals surface area contributed by atoms with Crippen LogP contribution in [0, 0.1) is 0 Å². The van der Waals surface area contributed by atoms with Gasteiger partial charge in [0, 0.05) is 11.3 Å². The first-order valence-corrected chi connectivity index (χ1v) is 11.0. The molecule has 1 atom stereocenters. The van der Waals surface area contributed by atoms with Crippen LogP contribution in [0.15, 0.2) is 24.3 Å². The number of amides is 1. The molecule has 1 saturated heterocycles. The van der Waals surface area contributed by atoms with Gasteiger partial charge in [0.2, 0.25) is 0 Å². The van der Waals surface area contributed by atoms with E-state index in [0.29, 0.717) is 47.3 Å². The zero-order valence-corrected chi connectivity index (χ0v) is 19.0. The lowest BCUT2D eigenvalue weighted by atomic mass is 9.97. The minimum atomic E-state index is -0.395. The maximum absolute atomic E-state index is 12.6. The number of alkyl carbamates (subject to hydrolysis) is 1. The van der Waals surface area contributed by atoms with Crippen molar-refractivity contribution < 1.29 is 23.8 Å². The van der Waals surface area contributed by atoms with Crippen molar-refractivity contribution in [1.82, 2.24) is 5.32 Å². The van der Waals surface area contributed by atoms with Crippen LogP contribution in [-0.2, 0) is 17.6 Å². The van der Waals surface area contributed by atoms with Gasteiger partial charge in [-0.15, -0.1) is 11.3 Å². The number of rotatable bonds is 10. The van der Waals surface area contributed by atoms with E-state index in [1.165, 1.54) is 11.3 Å². The number of hydrogen-bond donors (Lipinski definition) is 1. The molecule has 6 nitrogen and oxygen atoms in total. The van der Waals surface area contributed by atoms with Crippen LogP contribution in [0.2, 0.25) is 5.02 Å². The molecule has 1 aromatic heterocycles. The summed E-state index contributed by atoms with van der Waals surface area (Å²) in [4.78, 5) is 25.5. The van der Waals surface area contributed by atoms with Gasteiger partial charge in [-0.3, -0.25) is 4.79 Å². The molecule has 0 spiro atoms. The Labute approximate surface area is 185 Å². The van der Waals surface area contributed by atoms with E-state index in [0.717, 1.165) is 23.3 Å². The van der Waals surface area contributed by atoms with Crippen molar-refractivity contribution in [2.24, 2.45) is 0 Å². The highest BCUT2D eigenvalue weighted by Crippen LogP contribution is 2.32. The number of ether oxygens (including phenoxy) is 3. The zero-order chi connectivity index (χ0) is 21.7. The number of carbonyl (C=O) groups excluding carboxylic acids is 2. The van der Waals surface area contributed by atoms with E-state index in [9.17, 15) is 9.59 Å². The lowest BCUT2D eigenvalue weighted by Gasteiger charge is -2.20. The second-order valence-electron chi connectivity index (χ2n) is 7.61. The molecule has 0 unspecified atom stereocenters. The van der Waals surface area contributed by atoms with Crippen LogP contribution in [0.3, 0.4) is 0 Å². The third-order valence-electron chi connectivity index (χ3n) is 5.18. The first-order valence-electron chi connectivity index (χ1n) is 9.81. The molecular weight excluding hydrogens is 426 g/mol. The normalized spacial score (nSPS) is 18.1. The Bertz CT molecular complexity index is 928. The number of carbonyl (C=O) groups is 2. The van der Waals surface area contributed by atoms with Crippen molar-refractivity contribution in [3.8, 4) is 11.5 Å². The number of ketones is 1. The van der Waals surface area contributed by atoms with Gasteiger partial charge in [-0.25, -0.2) is 4.79 Å². The minimum Gasteiger partial charge on any atom is -0.493 e. The van der Waals surface area contributed by atoms with E-state index < -0.39 is 5.54 Å². The Morgan fingerprint density at radius 2 is 2.00 bits per heavy atom. The number of nitrogens with one attached hydrogen (secondary N) is 1. The fraction of sp³-hybridized carbons (Fsp3) is 0.455. The van der Waals surface area contributed by atoms with Crippen LogP contribution in [0.4, 0.5) is 4.79 Å².